The Kier molecular flexibility index (Phi) is 10.4. The molecule has 4 heteroatoms. The Morgan fingerprint density at radius 3 is 2.00 bits per heavy atom. The summed E-state index contributed by atoms with van der Waals surface area (Å²) in [6, 6.07) is 0. The topological polar surface area (TPSA) is 27.7 Å². The fourth-order valence-corrected chi connectivity index (χ4v) is 0.641. The Bertz CT molecular complexity index is 62.7. The average molecular weight is 179 g/mol. The number of methoxy groups -OCH3 is 1. The number of hydrogen-bond acceptors (Lipinski definition) is 3. The van der Waals surface area contributed by atoms with E-state index in [1.165, 1.54) is 0 Å². The van der Waals surface area contributed by atoms with E-state index < -0.39 is 0 Å². The molecule has 0 spiro atoms. The number of ether oxygens (including phenoxy) is 3. The van der Waals surface area contributed by atoms with E-state index in [1.807, 2.05) is 0 Å². The quantitative estimate of drug-likeness (QED) is 0.517. The lowest BCUT2D eigenvalue weighted by Gasteiger charge is -2.03. The van der Waals surface area contributed by atoms with E-state index >= 15 is 0 Å². The molecule has 0 amide bonds. The molecular formula is C7H15O3S. The lowest BCUT2D eigenvalue weighted by molar-refractivity contribution is 0.0286. The van der Waals surface area contributed by atoms with Crippen LogP contribution in [0.5, 0.6) is 0 Å². The highest BCUT2D eigenvalue weighted by Gasteiger charge is 1.87. The normalized spacial score (nSPS) is 10.4. The summed E-state index contributed by atoms with van der Waals surface area (Å²) in [4.78, 5) is 0. The minimum atomic E-state index is 0.624. The molecule has 67 valence electrons. The van der Waals surface area contributed by atoms with Crippen LogP contribution in [-0.4, -0.2) is 45.9 Å². The molecule has 11 heavy (non-hydrogen) atoms. The maximum atomic E-state index is 5.14. The minimum absolute atomic E-state index is 0.624. The Labute approximate surface area is 73.4 Å². The van der Waals surface area contributed by atoms with Gasteiger partial charge in [-0.15, -0.1) is 0 Å². The summed E-state index contributed by atoms with van der Waals surface area (Å²) >= 11 is 4.69. The first-order valence-electron chi connectivity index (χ1n) is 3.64. The first-order chi connectivity index (χ1) is 5.41. The van der Waals surface area contributed by atoms with Crippen molar-refractivity contribution in [1.29, 1.82) is 0 Å². The largest absolute Gasteiger partial charge is 0.382 e. The second-order valence-electron chi connectivity index (χ2n) is 1.92. The van der Waals surface area contributed by atoms with Gasteiger partial charge in [0, 0.05) is 12.9 Å². The SMILES string of the molecule is COCCOCCOCC[S]. The van der Waals surface area contributed by atoms with Crippen molar-refractivity contribution in [2.45, 2.75) is 0 Å². The Morgan fingerprint density at radius 2 is 1.45 bits per heavy atom. The molecule has 3 nitrogen and oxygen atoms in total. The molecule has 0 aromatic heterocycles. The highest BCUT2D eigenvalue weighted by atomic mass is 32.1. The van der Waals surface area contributed by atoms with Gasteiger partial charge in [0.25, 0.3) is 0 Å². The van der Waals surface area contributed by atoms with Gasteiger partial charge in [0.1, 0.15) is 0 Å². The van der Waals surface area contributed by atoms with Gasteiger partial charge in [0.15, 0.2) is 0 Å². The van der Waals surface area contributed by atoms with Gasteiger partial charge in [0.05, 0.1) is 33.0 Å². The van der Waals surface area contributed by atoms with Crippen molar-refractivity contribution in [3.63, 3.8) is 0 Å². The zero-order valence-corrected chi connectivity index (χ0v) is 7.69. The molecule has 0 N–H and O–H groups in total. The summed E-state index contributed by atoms with van der Waals surface area (Å²) in [6.45, 7) is 3.16. The highest BCUT2D eigenvalue weighted by Crippen LogP contribution is 1.80. The molecule has 0 saturated heterocycles. The summed E-state index contributed by atoms with van der Waals surface area (Å²) in [5.41, 5.74) is 0. The fraction of sp³-hybridized carbons (Fsp3) is 1.00. The molecule has 0 aromatic rings. The van der Waals surface area contributed by atoms with Crippen molar-refractivity contribution in [2.24, 2.45) is 0 Å². The molecule has 0 heterocycles. The smallest absolute Gasteiger partial charge is 0.0701 e. The fourth-order valence-electron chi connectivity index (χ4n) is 0.523. The van der Waals surface area contributed by atoms with Crippen LogP contribution in [0.15, 0.2) is 0 Å². The lowest BCUT2D eigenvalue weighted by atomic mass is 10.7. The maximum absolute atomic E-state index is 5.14. The molecule has 0 aliphatic heterocycles. The monoisotopic (exact) mass is 179 g/mol. The van der Waals surface area contributed by atoms with Gasteiger partial charge in [-0.05, 0) is 0 Å². The van der Waals surface area contributed by atoms with Gasteiger partial charge in [0.2, 0.25) is 0 Å². The molecule has 0 rings (SSSR count). The van der Waals surface area contributed by atoms with Crippen LogP contribution in [0.25, 0.3) is 0 Å². The molecule has 0 bridgehead atoms. The summed E-state index contributed by atoms with van der Waals surface area (Å²) in [7, 11) is 1.65. The molecule has 0 aliphatic rings. The maximum Gasteiger partial charge on any atom is 0.0701 e. The minimum Gasteiger partial charge on any atom is -0.382 e. The standard InChI is InChI=1S/C7H15O3S/c1-8-2-3-9-4-5-10-6-7-11/h2-7H2,1H3. The van der Waals surface area contributed by atoms with Crippen LogP contribution in [0, 0.1) is 0 Å². The van der Waals surface area contributed by atoms with Crippen molar-refractivity contribution in [3.05, 3.63) is 0 Å². The van der Waals surface area contributed by atoms with Gasteiger partial charge in [-0.3, -0.25) is 0 Å². The van der Waals surface area contributed by atoms with Crippen LogP contribution in [-0.2, 0) is 14.2 Å². The molecule has 0 aliphatic carbocycles. The zero-order valence-electron chi connectivity index (χ0n) is 6.88. The Balaban J connectivity index is 2.69. The predicted molar refractivity (Wildman–Crippen MR) is 46.0 cm³/mol. The van der Waals surface area contributed by atoms with Crippen LogP contribution in [0.3, 0.4) is 0 Å². The third kappa shape index (κ3) is 10.2. The summed E-state index contributed by atoms with van der Waals surface area (Å²) in [6.07, 6.45) is 0. The van der Waals surface area contributed by atoms with E-state index in [1.54, 1.807) is 7.11 Å². The van der Waals surface area contributed by atoms with Crippen LogP contribution < -0.4 is 0 Å². The third-order valence-corrected chi connectivity index (χ3v) is 1.20. The Morgan fingerprint density at radius 1 is 0.909 bits per heavy atom. The molecule has 1 radical (unpaired) electrons. The van der Waals surface area contributed by atoms with Gasteiger partial charge < -0.3 is 14.2 Å². The summed E-state index contributed by atoms with van der Waals surface area (Å²) in [5.74, 6) is 0.651. The van der Waals surface area contributed by atoms with Crippen molar-refractivity contribution in [3.8, 4) is 0 Å². The van der Waals surface area contributed by atoms with E-state index in [4.69, 9.17) is 14.2 Å². The Hall–Kier alpha value is 0.230. The number of rotatable bonds is 8. The van der Waals surface area contributed by atoms with Crippen molar-refractivity contribution < 1.29 is 14.2 Å². The van der Waals surface area contributed by atoms with Crippen molar-refractivity contribution >= 4 is 12.6 Å². The molecule has 0 unspecified atom stereocenters. The first-order valence-corrected chi connectivity index (χ1v) is 4.22. The van der Waals surface area contributed by atoms with Gasteiger partial charge in [-0.2, -0.15) is 0 Å². The molecule has 0 saturated carbocycles. The summed E-state index contributed by atoms with van der Waals surface area (Å²) < 4.78 is 15.0. The van der Waals surface area contributed by atoms with E-state index in [0.717, 1.165) is 0 Å². The first kappa shape index (κ1) is 11.2. The van der Waals surface area contributed by atoms with Crippen LogP contribution >= 0.6 is 12.6 Å². The van der Waals surface area contributed by atoms with Crippen LogP contribution in [0.2, 0.25) is 0 Å². The van der Waals surface area contributed by atoms with Gasteiger partial charge in [-0.25, -0.2) is 0 Å². The predicted octanol–water partition coefficient (Wildman–Crippen LogP) is 0.864. The van der Waals surface area contributed by atoms with Gasteiger partial charge in [-0.1, -0.05) is 12.6 Å². The lowest BCUT2D eigenvalue weighted by Crippen LogP contribution is -2.09. The van der Waals surface area contributed by atoms with Crippen LogP contribution in [0.1, 0.15) is 0 Å². The molecular weight excluding hydrogens is 164 g/mol. The van der Waals surface area contributed by atoms with E-state index in [-0.39, 0.29) is 0 Å². The second kappa shape index (κ2) is 10.2. The van der Waals surface area contributed by atoms with Gasteiger partial charge >= 0.3 is 0 Å². The average Bonchev–Trinajstić information content (AvgIpc) is 2.03. The van der Waals surface area contributed by atoms with Crippen molar-refractivity contribution in [1.82, 2.24) is 0 Å². The molecule has 0 atom stereocenters. The van der Waals surface area contributed by atoms with E-state index in [2.05, 4.69) is 12.6 Å². The number of hydrogen-bond donors (Lipinski definition) is 0. The second-order valence-corrected chi connectivity index (χ2v) is 2.33. The molecule has 0 fully saturated rings. The highest BCUT2D eigenvalue weighted by molar-refractivity contribution is 7.80. The third-order valence-electron chi connectivity index (χ3n) is 1.03. The zero-order chi connectivity index (χ0) is 8.36. The van der Waals surface area contributed by atoms with E-state index in [9.17, 15) is 0 Å². The molecule has 0 aromatic carbocycles. The van der Waals surface area contributed by atoms with E-state index in [0.29, 0.717) is 38.8 Å². The van der Waals surface area contributed by atoms with Crippen molar-refractivity contribution in [2.75, 3.05) is 45.9 Å². The summed E-state index contributed by atoms with van der Waals surface area (Å²) in [5, 5.41) is 0. The van der Waals surface area contributed by atoms with Crippen LogP contribution in [0.4, 0.5) is 0 Å².